The van der Waals surface area contributed by atoms with Gasteiger partial charge in [-0.1, -0.05) is 24.5 Å². The summed E-state index contributed by atoms with van der Waals surface area (Å²) in [6.45, 7) is -10.2. The number of hydrogen-bond donors (Lipinski definition) is 4. The van der Waals surface area contributed by atoms with E-state index in [4.69, 9.17) is 39.0 Å². The monoisotopic (exact) mass is 694 g/mol. The molecule has 2 bridgehead atoms. The first-order valence-electron chi connectivity index (χ1n) is 12.7. The summed E-state index contributed by atoms with van der Waals surface area (Å²) in [7, 11) is 0. The van der Waals surface area contributed by atoms with E-state index in [0.29, 0.717) is 0 Å². The van der Waals surface area contributed by atoms with Crippen LogP contribution in [0.15, 0.2) is 25.3 Å². The molecule has 44 heavy (non-hydrogen) atoms. The molecule has 4 N–H and O–H groups in total. The van der Waals surface area contributed by atoms with Gasteiger partial charge >= 0.3 is 13.6 Å². The van der Waals surface area contributed by atoms with Gasteiger partial charge in [0, 0.05) is 0 Å². The summed E-state index contributed by atoms with van der Waals surface area (Å²) in [6.07, 6.45) is -8.18. The average Bonchev–Trinajstić information content (AvgIpc) is 3.73. The summed E-state index contributed by atoms with van der Waals surface area (Å²) < 4.78 is 94.5. The van der Waals surface area contributed by atoms with Gasteiger partial charge in [0.15, 0.2) is 47.7 Å². The maximum atomic E-state index is 16.0. The van der Waals surface area contributed by atoms with E-state index in [0.717, 1.165) is 6.33 Å². The minimum Gasteiger partial charge on any atom is -0.382 e. The lowest BCUT2D eigenvalue weighted by Gasteiger charge is -2.26. The van der Waals surface area contributed by atoms with E-state index in [1.807, 2.05) is 0 Å². The second-order valence-electron chi connectivity index (χ2n) is 9.85. The van der Waals surface area contributed by atoms with E-state index in [2.05, 4.69) is 54.4 Å². The van der Waals surface area contributed by atoms with Gasteiger partial charge in [-0.25, -0.2) is 47.8 Å². The molecule has 0 aromatic carbocycles. The van der Waals surface area contributed by atoms with Crippen molar-refractivity contribution in [2.24, 2.45) is 0 Å². The maximum Gasteiger partial charge on any atom is 0.386 e. The van der Waals surface area contributed by atoms with Crippen LogP contribution in [-0.2, 0) is 36.7 Å². The fraction of sp³-hybridized carbons (Fsp3) is 0.500. The summed E-state index contributed by atoms with van der Waals surface area (Å²) in [6, 6.07) is 0. The fourth-order valence-corrected chi connectivity index (χ4v) is 8.09. The van der Waals surface area contributed by atoms with Gasteiger partial charge in [0.05, 0.1) is 25.9 Å². The van der Waals surface area contributed by atoms with Crippen molar-refractivity contribution in [1.29, 1.82) is 0 Å². The Labute approximate surface area is 255 Å². The molecule has 0 radical (unpaired) electrons. The number of thiol groups is 2. The molecule has 1 unspecified atom stereocenters. The highest BCUT2D eigenvalue weighted by Crippen LogP contribution is 2.60. The summed E-state index contributed by atoms with van der Waals surface area (Å²) in [5, 5.41) is 0. The van der Waals surface area contributed by atoms with Crippen LogP contribution in [0.3, 0.4) is 0 Å². The third-order valence-corrected chi connectivity index (χ3v) is 10.4. The number of alkyl halides is 2. The first-order valence-corrected chi connectivity index (χ1v) is 18.1. The average molecular weight is 695 g/mol. The topological polar surface area (TPSA) is 229 Å². The number of hydrogen-bond acceptors (Lipinski definition) is 16. The van der Waals surface area contributed by atoms with Gasteiger partial charge in [-0.15, -0.1) is 0 Å². The predicted octanol–water partition coefficient (Wildman–Crippen LogP) is 2.19. The number of nitrogen functional groups attached to an aromatic ring is 2. The predicted molar refractivity (Wildman–Crippen MR) is 152 cm³/mol. The van der Waals surface area contributed by atoms with Gasteiger partial charge in [-0.05, 0) is 0 Å². The molecule has 236 valence electrons. The Balaban J connectivity index is 1.20. The molecule has 3 fully saturated rings. The zero-order chi connectivity index (χ0) is 31.0. The molecule has 10 atom stereocenters. The largest absolute Gasteiger partial charge is 0.386 e. The quantitative estimate of drug-likeness (QED) is 0.174. The van der Waals surface area contributed by atoms with E-state index < -0.39 is 76.0 Å². The standard InChI is InChI=1S/C20H22F2N10O8P2S2/c21-9-7-1-35-41(33,43)39-13-8(38-19(10(13)22)31-5-29-11-15(23)25-3-27-17(11)31)2-36-42(34,44)40-14(9)20(37-7)32-6-30-12-16(24)26-4-28-18(12)32/h3-10,13-14,19-20H,1-2H2,(H,33,43)(H,34,44)(H2,23,25,27)(H2,24,26,28)/t7-,8?,9-,10-,13-,14-,19-,20-,41+,42-/m1/s1. The molecule has 3 aliphatic rings. The number of aromatic nitrogens is 8. The molecule has 3 aliphatic heterocycles. The van der Waals surface area contributed by atoms with Crippen LogP contribution in [0, 0.1) is 0 Å². The molecule has 7 rings (SSSR count). The first-order chi connectivity index (χ1) is 20.9. The molecule has 3 saturated heterocycles. The lowest BCUT2D eigenvalue weighted by molar-refractivity contribution is -0.0563. The Bertz CT molecular complexity index is 1840. The van der Waals surface area contributed by atoms with Gasteiger partial charge < -0.3 is 20.9 Å². The van der Waals surface area contributed by atoms with E-state index >= 15 is 8.78 Å². The number of halogens is 2. The fourth-order valence-electron chi connectivity index (χ4n) is 5.16. The number of ether oxygens (including phenoxy) is 2. The summed E-state index contributed by atoms with van der Waals surface area (Å²) in [5.41, 5.74) is 12.4. The van der Waals surface area contributed by atoms with Gasteiger partial charge in [-0.3, -0.25) is 27.2 Å². The zero-order valence-electron chi connectivity index (χ0n) is 21.9. The molecule has 18 nitrogen and oxygen atoms in total. The van der Waals surface area contributed by atoms with Crippen molar-refractivity contribution >= 4 is 72.1 Å². The van der Waals surface area contributed by atoms with Crippen molar-refractivity contribution in [3.8, 4) is 0 Å². The number of anilines is 2. The molecule has 0 spiro atoms. The summed E-state index contributed by atoms with van der Waals surface area (Å²) in [5.74, 6) is 0.0984. The van der Waals surface area contributed by atoms with Crippen molar-refractivity contribution in [2.75, 3.05) is 24.7 Å². The van der Waals surface area contributed by atoms with Crippen molar-refractivity contribution in [3.05, 3.63) is 25.3 Å². The Hall–Kier alpha value is -2.52. The van der Waals surface area contributed by atoms with Gasteiger partial charge in [0.2, 0.25) is 0 Å². The van der Waals surface area contributed by atoms with E-state index in [9.17, 15) is 9.13 Å². The minimum atomic E-state index is -4.43. The second kappa shape index (κ2) is 11.1. The minimum absolute atomic E-state index is 0.0478. The number of fused-ring (bicyclic) bond motifs is 5. The Morgan fingerprint density at radius 1 is 0.727 bits per heavy atom. The van der Waals surface area contributed by atoms with Crippen molar-refractivity contribution in [1.82, 2.24) is 39.0 Å². The van der Waals surface area contributed by atoms with Crippen LogP contribution >= 0.6 is 38.1 Å². The van der Waals surface area contributed by atoms with Crippen molar-refractivity contribution in [2.45, 2.75) is 49.2 Å². The Morgan fingerprint density at radius 3 is 1.82 bits per heavy atom. The number of nitrogens with two attached hydrogens (primary N) is 2. The van der Waals surface area contributed by atoms with Crippen LogP contribution in [0.25, 0.3) is 22.3 Å². The van der Waals surface area contributed by atoms with E-state index in [1.165, 1.54) is 28.1 Å². The molecule has 0 aliphatic carbocycles. The normalized spacial score (nSPS) is 38.3. The van der Waals surface area contributed by atoms with Crippen LogP contribution < -0.4 is 11.5 Å². The molecular weight excluding hydrogens is 672 g/mol. The van der Waals surface area contributed by atoms with Crippen LogP contribution in [0.5, 0.6) is 0 Å². The van der Waals surface area contributed by atoms with Gasteiger partial charge in [0.25, 0.3) is 0 Å². The van der Waals surface area contributed by atoms with Crippen LogP contribution in [-0.4, -0.2) is 89.0 Å². The zero-order valence-corrected chi connectivity index (χ0v) is 25.5. The lowest BCUT2D eigenvalue weighted by Crippen LogP contribution is -2.33. The lowest BCUT2D eigenvalue weighted by atomic mass is 10.1. The molecule has 4 aromatic rings. The smallest absolute Gasteiger partial charge is 0.382 e. The third-order valence-electron chi connectivity index (χ3n) is 7.17. The van der Waals surface area contributed by atoms with Crippen LogP contribution in [0.4, 0.5) is 20.4 Å². The number of rotatable bonds is 2. The molecule has 0 saturated carbocycles. The molecule has 0 amide bonds. The molecule has 24 heteroatoms. The maximum absolute atomic E-state index is 16.0. The summed E-state index contributed by atoms with van der Waals surface area (Å²) >= 11 is 7.99. The Kier molecular flexibility index (Phi) is 7.59. The van der Waals surface area contributed by atoms with Gasteiger partial charge in [0.1, 0.15) is 48.1 Å². The summed E-state index contributed by atoms with van der Waals surface area (Å²) in [4.78, 5) is 24.2. The van der Waals surface area contributed by atoms with E-state index in [1.54, 1.807) is 0 Å². The molecule has 7 heterocycles. The SMILES string of the molecule is Nc1ncnc2c1ncn2[C@@H]1OC2CO[P@@](=O)(S)O[C@@H]3[C@H](F)[C@@H](CO[P@](=O)(S)O[C@H]2[C@H]1F)O[C@H]3n1cnc2c(N)ncnc21. The number of imidazole rings is 2. The third kappa shape index (κ3) is 5.25. The highest BCUT2D eigenvalue weighted by molar-refractivity contribution is 8.44. The van der Waals surface area contributed by atoms with Crippen molar-refractivity contribution < 1.29 is 45.5 Å². The highest BCUT2D eigenvalue weighted by atomic mass is 32.7. The second-order valence-corrected chi connectivity index (χ2v) is 15.6. The Morgan fingerprint density at radius 2 is 1.23 bits per heavy atom. The number of nitrogens with zero attached hydrogens (tertiary/aromatic N) is 8. The van der Waals surface area contributed by atoms with Gasteiger partial charge in [-0.2, -0.15) is 0 Å². The van der Waals surface area contributed by atoms with Crippen LogP contribution in [0.1, 0.15) is 12.5 Å². The first kappa shape index (κ1) is 30.2. The van der Waals surface area contributed by atoms with Crippen LogP contribution in [0.2, 0.25) is 0 Å². The molecule has 4 aromatic heterocycles. The van der Waals surface area contributed by atoms with Crippen molar-refractivity contribution in [3.63, 3.8) is 0 Å². The molecular formula is C20H22F2N10O8P2S2. The highest BCUT2D eigenvalue weighted by Gasteiger charge is 2.54. The van der Waals surface area contributed by atoms with E-state index in [-0.39, 0.29) is 34.0 Å².